The number of nitrogens with two attached hydrogens (primary N) is 1. The molecule has 3 aromatic carbocycles. The first-order valence-electron chi connectivity index (χ1n) is 8.86. The van der Waals surface area contributed by atoms with Gasteiger partial charge in [0.2, 0.25) is 0 Å². The first-order valence-corrected chi connectivity index (χ1v) is 8.86. The van der Waals surface area contributed by atoms with Gasteiger partial charge in [-0.1, -0.05) is 91.0 Å². The summed E-state index contributed by atoms with van der Waals surface area (Å²) in [5.41, 5.74) is 12.0. The molecule has 1 aromatic heterocycles. The molecule has 0 fully saturated rings. The summed E-state index contributed by atoms with van der Waals surface area (Å²) in [4.78, 5) is 0. The average Bonchev–Trinajstić information content (AvgIpc) is 3.01. The third-order valence-electron chi connectivity index (χ3n) is 4.71. The maximum Gasteiger partial charge on any atom is 0.123 e. The van der Waals surface area contributed by atoms with E-state index in [1.165, 1.54) is 0 Å². The lowest BCUT2D eigenvalue weighted by Crippen LogP contribution is -2.06. The van der Waals surface area contributed by atoms with Crippen molar-refractivity contribution in [2.45, 2.75) is 6.54 Å². The topological polar surface area (TPSA) is 54.7 Å². The third kappa shape index (κ3) is 3.09. The van der Waals surface area contributed by atoms with Gasteiger partial charge in [-0.3, -0.25) is 0 Å². The predicted molar refractivity (Wildman–Crippen MR) is 110 cm³/mol. The molecular weight excluding hydrogens is 330 g/mol. The number of nitrogens with zero attached hydrogens (tertiary/aromatic N) is 2. The minimum atomic E-state index is 0.499. The van der Waals surface area contributed by atoms with Crippen molar-refractivity contribution in [3.8, 4) is 28.5 Å². The number of hydrogen-bond donors (Lipinski definition) is 1. The number of aromatic nitrogens is 1. The molecule has 0 saturated heterocycles. The van der Waals surface area contributed by atoms with E-state index >= 15 is 0 Å². The van der Waals surface area contributed by atoms with Crippen LogP contribution in [0.25, 0.3) is 22.4 Å². The maximum absolute atomic E-state index is 9.87. The van der Waals surface area contributed by atoms with Crippen molar-refractivity contribution in [3.05, 3.63) is 102 Å². The molecule has 0 unspecified atom stereocenters. The normalized spacial score (nSPS) is 10.5. The van der Waals surface area contributed by atoms with E-state index in [0.29, 0.717) is 17.9 Å². The largest absolute Gasteiger partial charge is 0.384 e. The summed E-state index contributed by atoms with van der Waals surface area (Å²) in [6.45, 7) is 0.610. The fourth-order valence-corrected chi connectivity index (χ4v) is 3.46. The highest BCUT2D eigenvalue weighted by Gasteiger charge is 2.23. The predicted octanol–water partition coefficient (Wildman–Crippen LogP) is 5.32. The molecule has 0 aliphatic heterocycles. The Balaban J connectivity index is 2.01. The van der Waals surface area contributed by atoms with Gasteiger partial charge in [-0.05, 0) is 16.7 Å². The second-order valence-corrected chi connectivity index (χ2v) is 6.40. The Labute approximate surface area is 158 Å². The van der Waals surface area contributed by atoms with Gasteiger partial charge in [0.05, 0.1) is 5.69 Å². The highest BCUT2D eigenvalue weighted by atomic mass is 15.1. The summed E-state index contributed by atoms with van der Waals surface area (Å²) in [6.07, 6.45) is 0. The number of benzene rings is 3. The van der Waals surface area contributed by atoms with Gasteiger partial charge in [-0.25, -0.2) is 0 Å². The molecule has 0 saturated carbocycles. The Bertz CT molecular complexity index is 1090. The van der Waals surface area contributed by atoms with Crippen LogP contribution >= 0.6 is 0 Å². The molecule has 1 heterocycles. The van der Waals surface area contributed by atoms with Crippen LogP contribution in [0.4, 0.5) is 5.82 Å². The molecule has 0 spiro atoms. The van der Waals surface area contributed by atoms with Gasteiger partial charge in [-0.2, -0.15) is 5.26 Å². The van der Waals surface area contributed by atoms with Gasteiger partial charge in [0.1, 0.15) is 17.5 Å². The van der Waals surface area contributed by atoms with Crippen LogP contribution in [-0.2, 0) is 6.54 Å². The van der Waals surface area contributed by atoms with Gasteiger partial charge < -0.3 is 10.3 Å². The van der Waals surface area contributed by atoms with E-state index in [0.717, 1.165) is 27.9 Å². The van der Waals surface area contributed by atoms with Crippen LogP contribution in [0.5, 0.6) is 0 Å². The Morgan fingerprint density at radius 1 is 0.741 bits per heavy atom. The van der Waals surface area contributed by atoms with Gasteiger partial charge in [0.25, 0.3) is 0 Å². The number of anilines is 1. The number of rotatable bonds is 4. The lowest BCUT2D eigenvalue weighted by Gasteiger charge is -2.13. The van der Waals surface area contributed by atoms with E-state index in [1.807, 2.05) is 71.3 Å². The summed E-state index contributed by atoms with van der Waals surface area (Å²) in [5.74, 6) is 0.499. The van der Waals surface area contributed by atoms with E-state index in [4.69, 9.17) is 5.73 Å². The van der Waals surface area contributed by atoms with Crippen LogP contribution < -0.4 is 5.73 Å². The van der Waals surface area contributed by atoms with Crippen molar-refractivity contribution < 1.29 is 0 Å². The SMILES string of the molecule is N#Cc1c(-c2ccccc2)c(-c2ccccc2)n(Cc2ccccc2)c1N. The quantitative estimate of drug-likeness (QED) is 0.542. The number of hydrogen-bond acceptors (Lipinski definition) is 2. The van der Waals surface area contributed by atoms with E-state index in [1.54, 1.807) is 0 Å². The molecule has 0 atom stereocenters. The number of nitriles is 1. The number of nitrogen functional groups attached to an aromatic ring is 1. The van der Waals surface area contributed by atoms with Crippen LogP contribution in [0.1, 0.15) is 11.1 Å². The first kappa shape index (κ1) is 16.7. The van der Waals surface area contributed by atoms with Crippen molar-refractivity contribution in [1.29, 1.82) is 5.26 Å². The lowest BCUT2D eigenvalue weighted by atomic mass is 9.98. The molecule has 0 aliphatic carbocycles. The first-order chi connectivity index (χ1) is 13.3. The zero-order valence-corrected chi connectivity index (χ0v) is 14.8. The molecule has 27 heavy (non-hydrogen) atoms. The smallest absolute Gasteiger partial charge is 0.123 e. The van der Waals surface area contributed by atoms with E-state index in [2.05, 4.69) is 30.3 Å². The molecule has 0 amide bonds. The van der Waals surface area contributed by atoms with Gasteiger partial charge in [0, 0.05) is 12.1 Å². The second kappa shape index (κ2) is 7.23. The minimum absolute atomic E-state index is 0.499. The Morgan fingerprint density at radius 3 is 1.81 bits per heavy atom. The monoisotopic (exact) mass is 349 g/mol. The van der Waals surface area contributed by atoms with Crippen molar-refractivity contribution in [2.24, 2.45) is 0 Å². The standard InChI is InChI=1S/C24H19N3/c25-16-21-22(19-12-6-2-7-13-19)23(20-14-8-3-9-15-20)27(24(21)26)17-18-10-4-1-5-11-18/h1-15H,17,26H2. The molecular formula is C24H19N3. The Kier molecular flexibility index (Phi) is 4.47. The van der Waals surface area contributed by atoms with Crippen LogP contribution in [0.15, 0.2) is 91.0 Å². The van der Waals surface area contributed by atoms with Crippen molar-refractivity contribution in [2.75, 3.05) is 5.73 Å². The van der Waals surface area contributed by atoms with Crippen molar-refractivity contribution >= 4 is 5.82 Å². The fraction of sp³-hybridized carbons (Fsp3) is 0.0417. The molecule has 0 bridgehead atoms. The van der Waals surface area contributed by atoms with Crippen LogP contribution in [0, 0.1) is 11.3 Å². The lowest BCUT2D eigenvalue weighted by molar-refractivity contribution is 0.825. The van der Waals surface area contributed by atoms with Crippen LogP contribution in [0.3, 0.4) is 0 Å². The molecule has 3 nitrogen and oxygen atoms in total. The molecule has 0 radical (unpaired) electrons. The Morgan fingerprint density at radius 2 is 1.26 bits per heavy atom. The maximum atomic E-state index is 9.87. The molecule has 3 heteroatoms. The van der Waals surface area contributed by atoms with Crippen LogP contribution in [-0.4, -0.2) is 4.57 Å². The highest BCUT2D eigenvalue weighted by Crippen LogP contribution is 2.40. The fourth-order valence-electron chi connectivity index (χ4n) is 3.46. The van der Waals surface area contributed by atoms with Crippen molar-refractivity contribution in [3.63, 3.8) is 0 Å². The average molecular weight is 349 g/mol. The minimum Gasteiger partial charge on any atom is -0.384 e. The summed E-state index contributed by atoms with van der Waals surface area (Å²) < 4.78 is 2.05. The molecule has 130 valence electrons. The molecule has 2 N–H and O–H groups in total. The molecule has 4 aromatic rings. The summed E-state index contributed by atoms with van der Waals surface area (Å²) in [5, 5.41) is 9.87. The highest BCUT2D eigenvalue weighted by molar-refractivity contribution is 5.90. The zero-order chi connectivity index (χ0) is 18.6. The summed E-state index contributed by atoms with van der Waals surface area (Å²) in [7, 11) is 0. The summed E-state index contributed by atoms with van der Waals surface area (Å²) >= 11 is 0. The van der Waals surface area contributed by atoms with Crippen molar-refractivity contribution in [1.82, 2.24) is 4.57 Å². The van der Waals surface area contributed by atoms with E-state index < -0.39 is 0 Å². The van der Waals surface area contributed by atoms with E-state index in [9.17, 15) is 5.26 Å². The zero-order valence-electron chi connectivity index (χ0n) is 14.8. The molecule has 0 aliphatic rings. The van der Waals surface area contributed by atoms with Gasteiger partial charge >= 0.3 is 0 Å². The van der Waals surface area contributed by atoms with Crippen LogP contribution in [0.2, 0.25) is 0 Å². The van der Waals surface area contributed by atoms with Gasteiger partial charge in [0.15, 0.2) is 0 Å². The van der Waals surface area contributed by atoms with Gasteiger partial charge in [-0.15, -0.1) is 0 Å². The Hall–Kier alpha value is -3.77. The third-order valence-corrected chi connectivity index (χ3v) is 4.71. The second-order valence-electron chi connectivity index (χ2n) is 6.40. The van der Waals surface area contributed by atoms with E-state index in [-0.39, 0.29) is 0 Å². The summed E-state index contributed by atoms with van der Waals surface area (Å²) in [6, 6.07) is 32.6. The molecule has 4 rings (SSSR count).